The highest BCUT2D eigenvalue weighted by Crippen LogP contribution is 2.59. The maximum absolute atomic E-state index is 14.8. The second kappa shape index (κ2) is 5.45. The molecule has 0 amide bonds. The van der Waals surface area contributed by atoms with E-state index in [1.54, 1.807) is 0 Å². The van der Waals surface area contributed by atoms with Crippen LogP contribution in [0.25, 0.3) is 0 Å². The van der Waals surface area contributed by atoms with Gasteiger partial charge in [-0.3, -0.25) is 0 Å². The zero-order valence-corrected chi connectivity index (χ0v) is 13.4. The van der Waals surface area contributed by atoms with Gasteiger partial charge in [0.1, 0.15) is 6.17 Å². The van der Waals surface area contributed by atoms with E-state index in [2.05, 4.69) is 16.2 Å². The maximum atomic E-state index is 14.8. The van der Waals surface area contributed by atoms with Crippen LogP contribution in [0.1, 0.15) is 51.9 Å². The summed E-state index contributed by atoms with van der Waals surface area (Å²) in [5, 5.41) is 0. The fourth-order valence-electron chi connectivity index (χ4n) is 4.99. The lowest BCUT2D eigenvalue weighted by molar-refractivity contribution is -0.127. The van der Waals surface area contributed by atoms with E-state index in [1.807, 2.05) is 0 Å². The van der Waals surface area contributed by atoms with Gasteiger partial charge in [0.15, 0.2) is 0 Å². The van der Waals surface area contributed by atoms with Crippen LogP contribution in [-0.2, 0) is 0 Å². The fraction of sp³-hybridized carbons (Fsp3) is 1.00. The number of rotatable bonds is 1. The molecular weight excluding hydrogens is 280 g/mol. The molecule has 0 heterocycles. The Bertz CT molecular complexity index is 352. The summed E-state index contributed by atoms with van der Waals surface area (Å²) in [7, 11) is 2.45. The Hall–Kier alpha value is 0.220. The van der Waals surface area contributed by atoms with Crippen molar-refractivity contribution in [3.63, 3.8) is 0 Å². The van der Waals surface area contributed by atoms with Gasteiger partial charge in [0.2, 0.25) is 0 Å². The van der Waals surface area contributed by atoms with Crippen molar-refractivity contribution >= 4 is 9.24 Å². The van der Waals surface area contributed by atoms with E-state index in [-0.39, 0.29) is 17.5 Å². The third kappa shape index (κ3) is 2.42. The van der Waals surface area contributed by atoms with E-state index >= 15 is 0 Å². The summed E-state index contributed by atoms with van der Waals surface area (Å²) in [6, 6.07) is 0. The van der Waals surface area contributed by atoms with Crippen LogP contribution in [0.3, 0.4) is 0 Å². The first-order chi connectivity index (χ1) is 9.41. The lowest BCUT2D eigenvalue weighted by Crippen LogP contribution is -2.45. The number of hydrogen-bond acceptors (Lipinski definition) is 0. The predicted molar refractivity (Wildman–Crippen MR) is 78.8 cm³/mol. The smallest absolute Gasteiger partial charge is 0.246 e. The highest BCUT2D eigenvalue weighted by Gasteiger charge is 2.63. The van der Waals surface area contributed by atoms with Gasteiger partial charge >= 0.3 is 0 Å². The highest BCUT2D eigenvalue weighted by atomic mass is 31.0. The van der Waals surface area contributed by atoms with Gasteiger partial charge in [-0.2, -0.15) is 0 Å². The minimum absolute atomic E-state index is 0.0823. The molecule has 4 heteroatoms. The van der Waals surface area contributed by atoms with Gasteiger partial charge in [0.05, 0.1) is 5.92 Å². The molecule has 20 heavy (non-hydrogen) atoms. The number of alkyl halides is 3. The van der Waals surface area contributed by atoms with Crippen LogP contribution in [0.5, 0.6) is 0 Å². The summed E-state index contributed by atoms with van der Waals surface area (Å²) >= 11 is 0. The van der Waals surface area contributed by atoms with Crippen molar-refractivity contribution in [1.29, 1.82) is 0 Å². The van der Waals surface area contributed by atoms with Crippen LogP contribution in [0.15, 0.2) is 0 Å². The summed E-state index contributed by atoms with van der Waals surface area (Å²) in [4.78, 5) is 0. The third-order valence-corrected chi connectivity index (χ3v) is 6.96. The summed E-state index contributed by atoms with van der Waals surface area (Å²) in [6.07, 6.45) is 4.74. The van der Waals surface area contributed by atoms with Gasteiger partial charge in [-0.05, 0) is 49.9 Å². The van der Waals surface area contributed by atoms with Gasteiger partial charge in [0, 0.05) is 11.6 Å². The van der Waals surface area contributed by atoms with Crippen LogP contribution in [-0.4, -0.2) is 17.8 Å². The predicted octanol–water partition coefficient (Wildman–Crippen LogP) is 5.08. The number of hydrogen-bond donors (Lipinski definition) is 0. The Labute approximate surface area is 122 Å². The third-order valence-electron chi connectivity index (χ3n) is 6.26. The monoisotopic (exact) mass is 306 g/mol. The Kier molecular flexibility index (Phi) is 4.12. The molecule has 6 unspecified atom stereocenters. The lowest BCUT2D eigenvalue weighted by atomic mass is 9.74. The number of fused-ring (bicyclic) bond motifs is 1. The van der Waals surface area contributed by atoms with Gasteiger partial charge in [-0.1, -0.05) is 19.8 Å². The first kappa shape index (κ1) is 15.1. The van der Waals surface area contributed by atoms with Crippen molar-refractivity contribution in [3.8, 4) is 0 Å². The van der Waals surface area contributed by atoms with Gasteiger partial charge in [-0.15, -0.1) is 9.24 Å². The molecule has 0 bridgehead atoms. The van der Waals surface area contributed by atoms with Crippen molar-refractivity contribution < 1.29 is 13.2 Å². The molecule has 3 saturated carbocycles. The fourth-order valence-corrected chi connectivity index (χ4v) is 5.42. The molecule has 0 spiro atoms. The molecule has 0 radical (unpaired) electrons. The molecule has 0 N–H and O–H groups in total. The molecule has 0 nitrogen and oxygen atoms in total. The molecule has 116 valence electrons. The summed E-state index contributed by atoms with van der Waals surface area (Å²) in [5.41, 5.74) is -0.271. The average Bonchev–Trinajstić information content (AvgIpc) is 2.67. The van der Waals surface area contributed by atoms with Crippen molar-refractivity contribution in [2.24, 2.45) is 29.6 Å². The topological polar surface area (TPSA) is 0 Å². The van der Waals surface area contributed by atoms with E-state index < -0.39 is 23.9 Å². The van der Waals surface area contributed by atoms with E-state index in [1.165, 1.54) is 0 Å². The van der Waals surface area contributed by atoms with E-state index in [4.69, 9.17) is 0 Å². The standard InChI is InChI=1S/C16H26F3P/c1-9-2-4-10(5-3-9)12-8-11-6-7-13(20)15(17)14(11)16(12,18)19/h9-15H,2-8,20H2,1H3. The van der Waals surface area contributed by atoms with Gasteiger partial charge in [0.25, 0.3) is 5.92 Å². The minimum atomic E-state index is -2.79. The van der Waals surface area contributed by atoms with Crippen molar-refractivity contribution in [3.05, 3.63) is 0 Å². The van der Waals surface area contributed by atoms with Crippen molar-refractivity contribution in [1.82, 2.24) is 0 Å². The molecule has 6 atom stereocenters. The second-order valence-electron chi connectivity index (χ2n) is 7.51. The quantitative estimate of drug-likeness (QED) is 0.593. The van der Waals surface area contributed by atoms with Crippen LogP contribution >= 0.6 is 9.24 Å². The van der Waals surface area contributed by atoms with Gasteiger partial charge in [-0.25, -0.2) is 13.2 Å². The van der Waals surface area contributed by atoms with Gasteiger partial charge < -0.3 is 0 Å². The highest BCUT2D eigenvalue weighted by molar-refractivity contribution is 7.17. The van der Waals surface area contributed by atoms with Crippen LogP contribution in [0.4, 0.5) is 13.2 Å². The molecule has 3 rings (SSSR count). The van der Waals surface area contributed by atoms with Crippen molar-refractivity contribution in [2.75, 3.05) is 0 Å². The van der Waals surface area contributed by atoms with E-state index in [0.717, 1.165) is 38.5 Å². The number of halogens is 3. The minimum Gasteiger partial charge on any atom is -0.246 e. The molecule has 0 aromatic heterocycles. The second-order valence-corrected chi connectivity index (χ2v) is 8.36. The summed E-state index contributed by atoms with van der Waals surface area (Å²) < 4.78 is 43.9. The maximum Gasteiger partial charge on any atom is 0.257 e. The molecule has 0 aliphatic heterocycles. The van der Waals surface area contributed by atoms with Crippen LogP contribution in [0, 0.1) is 29.6 Å². The first-order valence-electron chi connectivity index (χ1n) is 8.18. The normalized spacial score (nSPS) is 51.8. The van der Waals surface area contributed by atoms with E-state index in [0.29, 0.717) is 12.3 Å². The lowest BCUT2D eigenvalue weighted by Gasteiger charge is -2.38. The molecule has 3 aliphatic rings. The Morgan fingerprint density at radius 2 is 1.55 bits per heavy atom. The largest absolute Gasteiger partial charge is 0.257 e. The van der Waals surface area contributed by atoms with Crippen LogP contribution < -0.4 is 0 Å². The first-order valence-corrected chi connectivity index (χ1v) is 8.85. The van der Waals surface area contributed by atoms with Crippen LogP contribution in [0.2, 0.25) is 0 Å². The Morgan fingerprint density at radius 1 is 0.950 bits per heavy atom. The SMILES string of the molecule is CC1CCC(C2CC3CCC(P)C(F)C3C2(F)F)CC1. The molecule has 0 aromatic rings. The Morgan fingerprint density at radius 3 is 2.20 bits per heavy atom. The zero-order valence-electron chi connectivity index (χ0n) is 12.2. The molecule has 3 fully saturated rings. The molecular formula is C16H26F3P. The zero-order chi connectivity index (χ0) is 14.5. The summed E-state index contributed by atoms with van der Waals surface area (Å²) in [6.45, 7) is 2.21. The molecule has 3 aliphatic carbocycles. The average molecular weight is 306 g/mol. The Balaban J connectivity index is 1.77. The molecule has 0 aromatic carbocycles. The van der Waals surface area contributed by atoms with E-state index in [9.17, 15) is 13.2 Å². The summed E-state index contributed by atoms with van der Waals surface area (Å²) in [5.74, 6) is -3.64. The van der Waals surface area contributed by atoms with Crippen molar-refractivity contribution in [2.45, 2.75) is 69.6 Å². The molecule has 0 saturated heterocycles.